The van der Waals surface area contributed by atoms with Crippen molar-refractivity contribution in [3.63, 3.8) is 0 Å². The highest BCUT2D eigenvalue weighted by molar-refractivity contribution is 14.0. The first-order valence-electron chi connectivity index (χ1n) is 10.5. The lowest BCUT2D eigenvalue weighted by atomic mass is 10.1. The minimum Gasteiger partial charge on any atom is -0.384 e. The Hall–Kier alpha value is -0.860. The van der Waals surface area contributed by atoms with Gasteiger partial charge in [-0.2, -0.15) is 0 Å². The second-order valence-corrected chi connectivity index (χ2v) is 7.92. The second kappa shape index (κ2) is 12.6. The largest absolute Gasteiger partial charge is 0.384 e. The highest BCUT2D eigenvalue weighted by atomic mass is 127. The average Bonchev–Trinajstić information content (AvgIpc) is 2.99. The molecule has 1 unspecified atom stereocenters. The van der Waals surface area contributed by atoms with E-state index in [4.69, 9.17) is 4.74 Å². The van der Waals surface area contributed by atoms with E-state index in [1.807, 2.05) is 7.05 Å². The van der Waals surface area contributed by atoms with Crippen LogP contribution in [-0.2, 0) is 17.8 Å². The van der Waals surface area contributed by atoms with Gasteiger partial charge in [0.2, 0.25) is 0 Å². The zero-order valence-electron chi connectivity index (χ0n) is 17.5. The molecular formula is C22H37IN4O. The predicted octanol–water partition coefficient (Wildman–Crippen LogP) is 3.72. The van der Waals surface area contributed by atoms with Gasteiger partial charge in [-0.15, -0.1) is 24.0 Å². The van der Waals surface area contributed by atoms with Crippen LogP contribution in [0.1, 0.15) is 43.2 Å². The third-order valence-electron chi connectivity index (χ3n) is 5.85. The Balaban J connectivity index is 0.00000280. The van der Waals surface area contributed by atoms with Crippen molar-refractivity contribution in [2.45, 2.75) is 45.2 Å². The third kappa shape index (κ3) is 6.88. The van der Waals surface area contributed by atoms with Crippen molar-refractivity contribution < 1.29 is 4.74 Å². The third-order valence-corrected chi connectivity index (χ3v) is 5.85. The first-order chi connectivity index (χ1) is 13.3. The molecule has 5 nitrogen and oxygen atoms in total. The lowest BCUT2D eigenvalue weighted by Gasteiger charge is -2.24. The van der Waals surface area contributed by atoms with Gasteiger partial charge in [0.05, 0.1) is 6.61 Å². The van der Waals surface area contributed by atoms with Crippen LogP contribution < -0.4 is 5.32 Å². The summed E-state index contributed by atoms with van der Waals surface area (Å²) >= 11 is 0. The van der Waals surface area contributed by atoms with Gasteiger partial charge in [-0.3, -0.25) is 9.89 Å². The smallest absolute Gasteiger partial charge is 0.193 e. The summed E-state index contributed by atoms with van der Waals surface area (Å²) < 4.78 is 5.32. The molecule has 1 aromatic carbocycles. The molecule has 0 aromatic heterocycles. The molecule has 2 aliphatic heterocycles. The maximum Gasteiger partial charge on any atom is 0.193 e. The highest BCUT2D eigenvalue weighted by Gasteiger charge is 2.24. The van der Waals surface area contributed by atoms with Crippen LogP contribution in [0, 0.1) is 5.92 Å². The summed E-state index contributed by atoms with van der Waals surface area (Å²) in [5.41, 5.74) is 2.83. The van der Waals surface area contributed by atoms with Gasteiger partial charge >= 0.3 is 0 Å². The van der Waals surface area contributed by atoms with Crippen molar-refractivity contribution >= 4 is 29.9 Å². The number of methoxy groups -OCH3 is 1. The molecule has 3 rings (SSSR count). The summed E-state index contributed by atoms with van der Waals surface area (Å²) in [6.07, 6.45) is 6.63. The molecule has 6 heteroatoms. The molecule has 2 saturated heterocycles. The van der Waals surface area contributed by atoms with Gasteiger partial charge in [-0.05, 0) is 43.5 Å². The van der Waals surface area contributed by atoms with Crippen molar-refractivity contribution in [1.29, 1.82) is 0 Å². The Morgan fingerprint density at radius 3 is 2.50 bits per heavy atom. The maximum atomic E-state index is 5.32. The number of nitrogens with one attached hydrogen (secondary N) is 1. The number of rotatable bonds is 6. The first-order valence-corrected chi connectivity index (χ1v) is 10.5. The molecule has 2 heterocycles. The standard InChI is InChI=1S/C22H36N4O.HI/c1-23-22(26-14-11-19(16-26)18-27-2)24-15-20-9-5-6-10-21(20)17-25-12-7-3-4-8-13-25;/h5-6,9-10,19H,3-4,7-8,11-18H2,1-2H3,(H,23,24);1H. The van der Waals surface area contributed by atoms with E-state index in [2.05, 4.69) is 44.4 Å². The molecule has 1 aromatic rings. The Morgan fingerprint density at radius 1 is 1.11 bits per heavy atom. The van der Waals surface area contributed by atoms with Gasteiger partial charge in [0.25, 0.3) is 0 Å². The zero-order valence-corrected chi connectivity index (χ0v) is 19.9. The van der Waals surface area contributed by atoms with Gasteiger partial charge < -0.3 is 15.0 Å². The Kier molecular flexibility index (Phi) is 10.6. The van der Waals surface area contributed by atoms with Crippen molar-refractivity contribution in [2.24, 2.45) is 10.9 Å². The molecule has 0 spiro atoms. The number of benzene rings is 1. The van der Waals surface area contributed by atoms with Crippen LogP contribution >= 0.6 is 24.0 Å². The van der Waals surface area contributed by atoms with Gasteiger partial charge in [0, 0.05) is 46.3 Å². The van der Waals surface area contributed by atoms with Crippen LogP contribution in [0.2, 0.25) is 0 Å². The van der Waals surface area contributed by atoms with Gasteiger partial charge in [-0.25, -0.2) is 0 Å². The van der Waals surface area contributed by atoms with Crippen LogP contribution in [0.3, 0.4) is 0 Å². The van der Waals surface area contributed by atoms with E-state index in [0.29, 0.717) is 5.92 Å². The summed E-state index contributed by atoms with van der Waals surface area (Å²) in [5.74, 6) is 1.63. The maximum absolute atomic E-state index is 5.32. The molecule has 1 atom stereocenters. The zero-order chi connectivity index (χ0) is 18.9. The van der Waals surface area contributed by atoms with E-state index in [0.717, 1.165) is 38.7 Å². The summed E-state index contributed by atoms with van der Waals surface area (Å²) in [6.45, 7) is 7.30. The molecule has 0 amide bonds. The number of ether oxygens (including phenoxy) is 1. The molecular weight excluding hydrogens is 463 g/mol. The van der Waals surface area contributed by atoms with Crippen molar-refractivity contribution in [3.8, 4) is 0 Å². The lowest BCUT2D eigenvalue weighted by molar-refractivity contribution is 0.157. The van der Waals surface area contributed by atoms with Crippen molar-refractivity contribution in [3.05, 3.63) is 35.4 Å². The number of nitrogens with zero attached hydrogens (tertiary/aromatic N) is 3. The molecule has 2 fully saturated rings. The van der Waals surface area contributed by atoms with E-state index >= 15 is 0 Å². The first kappa shape index (κ1) is 23.4. The molecule has 2 aliphatic rings. The van der Waals surface area contributed by atoms with E-state index in [9.17, 15) is 0 Å². The molecule has 0 radical (unpaired) electrons. The molecule has 28 heavy (non-hydrogen) atoms. The molecule has 0 aliphatic carbocycles. The fourth-order valence-corrected chi connectivity index (χ4v) is 4.32. The summed E-state index contributed by atoms with van der Waals surface area (Å²) in [4.78, 5) is 9.50. The lowest BCUT2D eigenvalue weighted by Crippen LogP contribution is -2.40. The van der Waals surface area contributed by atoms with Crippen LogP contribution in [0.25, 0.3) is 0 Å². The predicted molar refractivity (Wildman–Crippen MR) is 127 cm³/mol. The molecule has 0 saturated carbocycles. The summed E-state index contributed by atoms with van der Waals surface area (Å²) in [6, 6.07) is 8.86. The molecule has 1 N–H and O–H groups in total. The number of hydrogen-bond donors (Lipinski definition) is 1. The second-order valence-electron chi connectivity index (χ2n) is 7.92. The number of hydrogen-bond acceptors (Lipinski definition) is 3. The van der Waals surface area contributed by atoms with Gasteiger partial charge in [0.15, 0.2) is 5.96 Å². The minimum absolute atomic E-state index is 0. The number of likely N-dealkylation sites (tertiary alicyclic amines) is 2. The minimum atomic E-state index is 0. The van der Waals surface area contributed by atoms with E-state index < -0.39 is 0 Å². The van der Waals surface area contributed by atoms with Crippen LogP contribution in [0.4, 0.5) is 0 Å². The highest BCUT2D eigenvalue weighted by Crippen LogP contribution is 2.18. The molecule has 0 bridgehead atoms. The Labute approximate surface area is 187 Å². The summed E-state index contributed by atoms with van der Waals surface area (Å²) in [5, 5.41) is 3.60. The monoisotopic (exact) mass is 500 g/mol. The number of aliphatic imine (C=N–C) groups is 1. The normalized spacial score (nSPS) is 21.3. The number of halogens is 1. The van der Waals surface area contributed by atoms with E-state index in [1.165, 1.54) is 56.3 Å². The van der Waals surface area contributed by atoms with Crippen molar-refractivity contribution in [1.82, 2.24) is 15.1 Å². The van der Waals surface area contributed by atoms with E-state index in [-0.39, 0.29) is 24.0 Å². The van der Waals surface area contributed by atoms with Crippen LogP contribution in [0.15, 0.2) is 29.3 Å². The van der Waals surface area contributed by atoms with Crippen LogP contribution in [0.5, 0.6) is 0 Å². The van der Waals surface area contributed by atoms with Crippen molar-refractivity contribution in [2.75, 3.05) is 46.9 Å². The van der Waals surface area contributed by atoms with Crippen LogP contribution in [-0.4, -0.2) is 62.7 Å². The van der Waals surface area contributed by atoms with Gasteiger partial charge in [0.1, 0.15) is 0 Å². The van der Waals surface area contributed by atoms with Gasteiger partial charge in [-0.1, -0.05) is 37.1 Å². The molecule has 158 valence electrons. The average molecular weight is 500 g/mol. The Morgan fingerprint density at radius 2 is 1.82 bits per heavy atom. The number of guanidine groups is 1. The quantitative estimate of drug-likeness (QED) is 0.367. The SMILES string of the molecule is CN=C(NCc1ccccc1CN1CCCCCC1)N1CCC(COC)C1.I. The fourth-order valence-electron chi connectivity index (χ4n) is 4.32. The summed E-state index contributed by atoms with van der Waals surface area (Å²) in [7, 11) is 3.67. The van der Waals surface area contributed by atoms with E-state index in [1.54, 1.807) is 7.11 Å². The Bertz CT molecular complexity index is 602. The topological polar surface area (TPSA) is 40.1 Å². The fraction of sp³-hybridized carbons (Fsp3) is 0.682.